The lowest BCUT2D eigenvalue weighted by Crippen LogP contribution is -2.40. The van der Waals surface area contributed by atoms with Crippen LogP contribution in [0.15, 0.2) is 52.9 Å². The third-order valence-electron chi connectivity index (χ3n) is 4.38. The molecule has 0 radical (unpaired) electrons. The molecule has 28 heavy (non-hydrogen) atoms. The van der Waals surface area contributed by atoms with Gasteiger partial charge in [-0.05, 0) is 35.6 Å². The molecule has 0 bridgehead atoms. The maximum Gasteiger partial charge on any atom is 0.266 e. The lowest BCUT2D eigenvalue weighted by atomic mass is 10.1. The standard InChI is InChI=1S/C20H17N3O2S3/c24-18(21-8-7-13-11-22-16-6-2-1-5-15(13)16)12-23-19(25)17(28-20(23)26)10-14-4-3-9-27-14/h1-6,9-11,22H,7-8,12H2,(H,21,24)/b17-10-. The Morgan fingerprint density at radius 1 is 1.25 bits per heavy atom. The van der Waals surface area contributed by atoms with Gasteiger partial charge in [0.05, 0.1) is 4.91 Å². The zero-order valence-corrected chi connectivity index (χ0v) is 17.3. The topological polar surface area (TPSA) is 65.2 Å². The number of para-hydroxylation sites is 1. The van der Waals surface area contributed by atoms with Gasteiger partial charge in [-0.3, -0.25) is 14.5 Å². The largest absolute Gasteiger partial charge is 0.361 e. The molecule has 1 aliphatic rings. The number of nitrogens with zero attached hydrogens (tertiary/aromatic N) is 1. The van der Waals surface area contributed by atoms with Crippen LogP contribution in [0.3, 0.4) is 0 Å². The minimum Gasteiger partial charge on any atom is -0.361 e. The van der Waals surface area contributed by atoms with Crippen LogP contribution in [0.25, 0.3) is 17.0 Å². The summed E-state index contributed by atoms with van der Waals surface area (Å²) in [4.78, 5) is 31.0. The Labute approximate surface area is 175 Å². The average Bonchev–Trinajstić information content (AvgIpc) is 3.40. The summed E-state index contributed by atoms with van der Waals surface area (Å²) in [5, 5.41) is 5.99. The van der Waals surface area contributed by atoms with E-state index >= 15 is 0 Å². The molecule has 5 nitrogen and oxygen atoms in total. The molecule has 142 valence electrons. The first-order valence-electron chi connectivity index (χ1n) is 8.72. The highest BCUT2D eigenvalue weighted by Gasteiger charge is 2.33. The van der Waals surface area contributed by atoms with E-state index in [1.807, 2.05) is 48.0 Å². The fourth-order valence-corrected chi connectivity index (χ4v) is 4.99. The van der Waals surface area contributed by atoms with Crippen LogP contribution in [0.4, 0.5) is 0 Å². The molecule has 4 rings (SSSR count). The van der Waals surface area contributed by atoms with E-state index in [0.29, 0.717) is 22.2 Å². The Bertz CT molecular complexity index is 1070. The van der Waals surface area contributed by atoms with Gasteiger partial charge in [-0.15, -0.1) is 11.3 Å². The van der Waals surface area contributed by atoms with Gasteiger partial charge in [0, 0.05) is 28.5 Å². The quantitative estimate of drug-likeness (QED) is 0.464. The van der Waals surface area contributed by atoms with Gasteiger partial charge in [0.1, 0.15) is 10.9 Å². The molecule has 2 aromatic heterocycles. The van der Waals surface area contributed by atoms with Crippen molar-refractivity contribution < 1.29 is 9.59 Å². The molecule has 0 atom stereocenters. The molecule has 0 spiro atoms. The number of thioether (sulfide) groups is 1. The molecule has 3 heterocycles. The Morgan fingerprint density at radius 2 is 2.11 bits per heavy atom. The van der Waals surface area contributed by atoms with E-state index in [-0.39, 0.29) is 18.4 Å². The summed E-state index contributed by atoms with van der Waals surface area (Å²) in [7, 11) is 0. The van der Waals surface area contributed by atoms with Crippen molar-refractivity contribution in [3.8, 4) is 0 Å². The summed E-state index contributed by atoms with van der Waals surface area (Å²) in [5.74, 6) is -0.427. The first-order chi connectivity index (χ1) is 13.6. The summed E-state index contributed by atoms with van der Waals surface area (Å²) in [5.41, 5.74) is 2.24. The second-order valence-corrected chi connectivity index (χ2v) is 8.90. The predicted octanol–water partition coefficient (Wildman–Crippen LogP) is 3.79. The number of carbonyl (C=O) groups is 2. The highest BCUT2D eigenvalue weighted by Crippen LogP contribution is 2.33. The molecule has 3 aromatic rings. The van der Waals surface area contributed by atoms with Gasteiger partial charge in [-0.2, -0.15) is 0 Å². The monoisotopic (exact) mass is 427 g/mol. The van der Waals surface area contributed by atoms with Crippen molar-refractivity contribution in [3.05, 3.63) is 63.3 Å². The molecule has 2 amide bonds. The van der Waals surface area contributed by atoms with Crippen LogP contribution in [-0.2, 0) is 16.0 Å². The number of aromatic nitrogens is 1. The fraction of sp³-hybridized carbons (Fsp3) is 0.150. The van der Waals surface area contributed by atoms with E-state index in [0.717, 1.165) is 21.3 Å². The van der Waals surface area contributed by atoms with Crippen LogP contribution in [0.2, 0.25) is 0 Å². The first-order valence-corrected chi connectivity index (χ1v) is 10.8. The number of hydrogen-bond acceptors (Lipinski definition) is 5. The molecule has 1 saturated heterocycles. The van der Waals surface area contributed by atoms with Crippen LogP contribution >= 0.6 is 35.3 Å². The fourth-order valence-electron chi connectivity index (χ4n) is 3.01. The lowest BCUT2D eigenvalue weighted by molar-refractivity contribution is -0.128. The van der Waals surface area contributed by atoms with Crippen molar-refractivity contribution in [1.82, 2.24) is 15.2 Å². The number of aromatic amines is 1. The molecule has 0 saturated carbocycles. The van der Waals surface area contributed by atoms with Gasteiger partial charge in [0.15, 0.2) is 0 Å². The molecular formula is C20H17N3O2S3. The van der Waals surface area contributed by atoms with Crippen molar-refractivity contribution in [2.75, 3.05) is 13.1 Å². The number of thiophene rings is 1. The number of rotatable bonds is 6. The van der Waals surface area contributed by atoms with Crippen LogP contribution in [0, 0.1) is 0 Å². The van der Waals surface area contributed by atoms with E-state index in [9.17, 15) is 9.59 Å². The number of benzene rings is 1. The molecule has 8 heteroatoms. The number of H-pyrrole nitrogens is 1. The van der Waals surface area contributed by atoms with Crippen molar-refractivity contribution in [2.24, 2.45) is 0 Å². The zero-order valence-electron chi connectivity index (χ0n) is 14.8. The normalized spacial score (nSPS) is 15.7. The van der Waals surface area contributed by atoms with Gasteiger partial charge in [-0.25, -0.2) is 0 Å². The number of fused-ring (bicyclic) bond motifs is 1. The van der Waals surface area contributed by atoms with E-state index in [1.165, 1.54) is 16.7 Å². The minimum absolute atomic E-state index is 0.0552. The van der Waals surface area contributed by atoms with Gasteiger partial charge in [0.2, 0.25) is 5.91 Å². The average molecular weight is 428 g/mol. The van der Waals surface area contributed by atoms with Crippen molar-refractivity contribution >= 4 is 68.4 Å². The molecule has 1 aromatic carbocycles. The molecular weight excluding hydrogens is 410 g/mol. The summed E-state index contributed by atoms with van der Waals surface area (Å²) in [6.07, 6.45) is 4.50. The highest BCUT2D eigenvalue weighted by molar-refractivity contribution is 8.26. The minimum atomic E-state index is -0.214. The van der Waals surface area contributed by atoms with Crippen molar-refractivity contribution in [3.63, 3.8) is 0 Å². The Hall–Kier alpha value is -2.42. The Balaban J connectivity index is 1.32. The second-order valence-electron chi connectivity index (χ2n) is 6.24. The van der Waals surface area contributed by atoms with E-state index in [1.54, 1.807) is 11.3 Å². The van der Waals surface area contributed by atoms with Gasteiger partial charge in [-0.1, -0.05) is 48.2 Å². The number of amides is 2. The van der Waals surface area contributed by atoms with Crippen LogP contribution in [-0.4, -0.2) is 39.1 Å². The molecule has 1 fully saturated rings. The predicted molar refractivity (Wildman–Crippen MR) is 119 cm³/mol. The van der Waals surface area contributed by atoms with Crippen molar-refractivity contribution in [1.29, 1.82) is 0 Å². The second kappa shape index (κ2) is 8.30. The number of thiocarbonyl (C=S) groups is 1. The summed E-state index contributed by atoms with van der Waals surface area (Å²) in [6, 6.07) is 11.9. The maximum atomic E-state index is 12.6. The summed E-state index contributed by atoms with van der Waals surface area (Å²) < 4.78 is 0.416. The van der Waals surface area contributed by atoms with E-state index in [4.69, 9.17) is 12.2 Å². The molecule has 0 unspecified atom stereocenters. The van der Waals surface area contributed by atoms with Crippen molar-refractivity contribution in [2.45, 2.75) is 6.42 Å². The number of nitrogens with one attached hydrogen (secondary N) is 2. The Kier molecular flexibility index (Phi) is 5.61. The van der Waals surface area contributed by atoms with E-state index < -0.39 is 0 Å². The molecule has 0 aliphatic carbocycles. The molecule has 2 N–H and O–H groups in total. The van der Waals surface area contributed by atoms with Gasteiger partial charge >= 0.3 is 0 Å². The smallest absolute Gasteiger partial charge is 0.266 e. The SMILES string of the molecule is O=C(CN1C(=O)/C(=C/c2cccs2)SC1=S)NCCc1c[nH]c2ccccc12. The molecule has 1 aliphatic heterocycles. The third-order valence-corrected chi connectivity index (χ3v) is 6.58. The zero-order chi connectivity index (χ0) is 19.5. The highest BCUT2D eigenvalue weighted by atomic mass is 32.2. The van der Waals surface area contributed by atoms with Crippen LogP contribution in [0.1, 0.15) is 10.4 Å². The van der Waals surface area contributed by atoms with Crippen LogP contribution < -0.4 is 5.32 Å². The number of hydrogen-bond donors (Lipinski definition) is 2. The first kappa shape index (κ1) is 18.9. The van der Waals surface area contributed by atoms with Gasteiger partial charge in [0.25, 0.3) is 5.91 Å². The van der Waals surface area contributed by atoms with Crippen LogP contribution in [0.5, 0.6) is 0 Å². The third kappa shape index (κ3) is 4.04. The lowest BCUT2D eigenvalue weighted by Gasteiger charge is -2.14. The Morgan fingerprint density at radius 3 is 2.93 bits per heavy atom. The summed E-state index contributed by atoms with van der Waals surface area (Å²) >= 11 is 8.08. The maximum absolute atomic E-state index is 12.6. The summed E-state index contributed by atoms with van der Waals surface area (Å²) in [6.45, 7) is 0.445. The van der Waals surface area contributed by atoms with E-state index in [2.05, 4.69) is 16.4 Å². The number of carbonyl (C=O) groups excluding carboxylic acids is 2. The van der Waals surface area contributed by atoms with Gasteiger partial charge < -0.3 is 10.3 Å².